The first kappa shape index (κ1) is 9.44. The van der Waals surface area contributed by atoms with Crippen LogP contribution in [0.15, 0.2) is 25.3 Å². The van der Waals surface area contributed by atoms with Crippen molar-refractivity contribution in [3.8, 4) is 0 Å². The second-order valence-corrected chi connectivity index (χ2v) is 2.70. The zero-order valence-corrected chi connectivity index (χ0v) is 6.77. The second-order valence-electron chi connectivity index (χ2n) is 2.70. The average molecular weight is 139 g/mol. The molecule has 0 spiro atoms. The number of rotatable bonds is 5. The van der Waals surface area contributed by atoms with E-state index in [0.717, 1.165) is 19.3 Å². The van der Waals surface area contributed by atoms with Gasteiger partial charge < -0.3 is 5.73 Å². The Balaban J connectivity index is 3.92. The first-order chi connectivity index (χ1) is 4.68. The molecule has 0 atom stereocenters. The predicted molar refractivity (Wildman–Crippen MR) is 46.8 cm³/mol. The van der Waals surface area contributed by atoms with Crippen molar-refractivity contribution in [3.05, 3.63) is 25.3 Å². The van der Waals surface area contributed by atoms with Crippen LogP contribution in [0.3, 0.4) is 0 Å². The Morgan fingerprint density at radius 3 is 1.90 bits per heavy atom. The van der Waals surface area contributed by atoms with Gasteiger partial charge in [-0.25, -0.2) is 0 Å². The predicted octanol–water partition coefficient (Wildman–Crippen LogP) is 2.25. The monoisotopic (exact) mass is 139 g/mol. The topological polar surface area (TPSA) is 26.0 Å². The summed E-state index contributed by atoms with van der Waals surface area (Å²) in [6.45, 7) is 9.41. The highest BCUT2D eigenvalue weighted by Crippen LogP contribution is 2.16. The molecule has 1 heteroatoms. The lowest BCUT2D eigenvalue weighted by Gasteiger charge is -2.24. The molecule has 0 aliphatic rings. The molecule has 10 heavy (non-hydrogen) atoms. The Labute approximate surface area is 63.6 Å². The van der Waals surface area contributed by atoms with E-state index in [-0.39, 0.29) is 5.54 Å². The van der Waals surface area contributed by atoms with E-state index in [0.29, 0.717) is 0 Å². The van der Waals surface area contributed by atoms with E-state index in [1.165, 1.54) is 0 Å². The van der Waals surface area contributed by atoms with E-state index in [9.17, 15) is 0 Å². The second kappa shape index (κ2) is 4.29. The van der Waals surface area contributed by atoms with Gasteiger partial charge in [-0.05, 0) is 19.3 Å². The van der Waals surface area contributed by atoms with Crippen molar-refractivity contribution < 1.29 is 0 Å². The summed E-state index contributed by atoms with van der Waals surface area (Å²) >= 11 is 0. The third-order valence-electron chi connectivity index (χ3n) is 1.81. The molecule has 0 unspecified atom stereocenters. The molecule has 0 saturated carbocycles. The highest BCUT2D eigenvalue weighted by atomic mass is 14.7. The smallest absolute Gasteiger partial charge is 0.0221 e. The average Bonchev–Trinajstić information content (AvgIpc) is 1.89. The summed E-state index contributed by atoms with van der Waals surface area (Å²) in [7, 11) is 0. The Kier molecular flexibility index (Phi) is 4.05. The van der Waals surface area contributed by atoms with Crippen LogP contribution in [0.25, 0.3) is 0 Å². The third kappa shape index (κ3) is 2.83. The first-order valence-electron chi connectivity index (χ1n) is 3.69. The van der Waals surface area contributed by atoms with Crippen LogP contribution < -0.4 is 5.73 Å². The summed E-state index contributed by atoms with van der Waals surface area (Å²) in [6, 6.07) is 0. The lowest BCUT2D eigenvalue weighted by atomic mass is 9.90. The van der Waals surface area contributed by atoms with Crippen LogP contribution in [0, 0.1) is 0 Å². The van der Waals surface area contributed by atoms with Crippen molar-refractivity contribution in [2.75, 3.05) is 0 Å². The van der Waals surface area contributed by atoms with Gasteiger partial charge in [0.2, 0.25) is 0 Å². The van der Waals surface area contributed by atoms with Crippen LogP contribution in [0.2, 0.25) is 0 Å². The Bertz CT molecular complexity index is 106. The van der Waals surface area contributed by atoms with Crippen LogP contribution in [-0.4, -0.2) is 5.54 Å². The van der Waals surface area contributed by atoms with Gasteiger partial charge in [-0.15, -0.1) is 13.2 Å². The largest absolute Gasteiger partial charge is 0.325 e. The molecular weight excluding hydrogens is 122 g/mol. The van der Waals surface area contributed by atoms with E-state index in [2.05, 4.69) is 20.1 Å². The zero-order chi connectivity index (χ0) is 8.04. The third-order valence-corrected chi connectivity index (χ3v) is 1.81. The van der Waals surface area contributed by atoms with E-state index >= 15 is 0 Å². The molecule has 2 N–H and O–H groups in total. The van der Waals surface area contributed by atoms with Gasteiger partial charge in [0.15, 0.2) is 0 Å². The maximum absolute atomic E-state index is 5.98. The standard InChI is InChI=1S/C9H17N/c1-4-7-9(10,6-3)8-5-2/h4-5H,1-2,6-8,10H2,3H3. The zero-order valence-electron chi connectivity index (χ0n) is 6.77. The molecule has 0 rings (SSSR count). The van der Waals surface area contributed by atoms with Crippen LogP contribution >= 0.6 is 0 Å². The normalized spacial score (nSPS) is 11.0. The van der Waals surface area contributed by atoms with Gasteiger partial charge in [0.1, 0.15) is 0 Å². The Morgan fingerprint density at radius 1 is 1.30 bits per heavy atom. The molecule has 0 radical (unpaired) electrons. The molecule has 58 valence electrons. The summed E-state index contributed by atoms with van der Waals surface area (Å²) in [6.07, 6.45) is 6.45. The summed E-state index contributed by atoms with van der Waals surface area (Å²) in [5.74, 6) is 0. The fraction of sp³-hybridized carbons (Fsp3) is 0.556. The highest BCUT2D eigenvalue weighted by Gasteiger charge is 2.17. The summed E-state index contributed by atoms with van der Waals surface area (Å²) in [5, 5.41) is 0. The molecule has 0 amide bonds. The summed E-state index contributed by atoms with van der Waals surface area (Å²) < 4.78 is 0. The molecule has 0 saturated heterocycles. The van der Waals surface area contributed by atoms with Crippen molar-refractivity contribution in [2.45, 2.75) is 31.7 Å². The van der Waals surface area contributed by atoms with Gasteiger partial charge in [-0.2, -0.15) is 0 Å². The molecule has 0 aromatic carbocycles. The molecule has 0 aliphatic heterocycles. The van der Waals surface area contributed by atoms with E-state index < -0.39 is 0 Å². The fourth-order valence-corrected chi connectivity index (χ4v) is 0.947. The van der Waals surface area contributed by atoms with Gasteiger partial charge in [0.25, 0.3) is 0 Å². The molecule has 0 aromatic heterocycles. The lowest BCUT2D eigenvalue weighted by molar-refractivity contribution is 0.420. The molecule has 0 fully saturated rings. The van der Waals surface area contributed by atoms with Crippen molar-refractivity contribution in [3.63, 3.8) is 0 Å². The van der Waals surface area contributed by atoms with Crippen LogP contribution in [0.4, 0.5) is 0 Å². The first-order valence-corrected chi connectivity index (χ1v) is 3.69. The van der Waals surface area contributed by atoms with Crippen molar-refractivity contribution in [2.24, 2.45) is 5.73 Å². The van der Waals surface area contributed by atoms with Crippen molar-refractivity contribution >= 4 is 0 Å². The van der Waals surface area contributed by atoms with Gasteiger partial charge in [0, 0.05) is 5.54 Å². The number of nitrogens with two attached hydrogens (primary N) is 1. The van der Waals surface area contributed by atoms with Crippen molar-refractivity contribution in [1.82, 2.24) is 0 Å². The Hall–Kier alpha value is -0.560. The molecule has 0 heterocycles. The van der Waals surface area contributed by atoms with Gasteiger partial charge in [0.05, 0.1) is 0 Å². The van der Waals surface area contributed by atoms with Gasteiger partial charge in [-0.1, -0.05) is 19.1 Å². The maximum Gasteiger partial charge on any atom is 0.0221 e. The fourth-order valence-electron chi connectivity index (χ4n) is 0.947. The van der Waals surface area contributed by atoms with Gasteiger partial charge in [-0.3, -0.25) is 0 Å². The molecular formula is C9H17N. The maximum atomic E-state index is 5.98. The van der Waals surface area contributed by atoms with Crippen molar-refractivity contribution in [1.29, 1.82) is 0 Å². The van der Waals surface area contributed by atoms with Crippen LogP contribution in [0.5, 0.6) is 0 Å². The minimum absolute atomic E-state index is 0.0937. The SMILES string of the molecule is C=CCC(N)(CC)CC=C. The van der Waals surface area contributed by atoms with E-state index in [4.69, 9.17) is 5.73 Å². The minimum Gasteiger partial charge on any atom is -0.325 e. The molecule has 0 bridgehead atoms. The lowest BCUT2D eigenvalue weighted by Crippen LogP contribution is -2.37. The highest BCUT2D eigenvalue weighted by molar-refractivity contribution is 4.94. The molecule has 0 aromatic rings. The van der Waals surface area contributed by atoms with Crippen LogP contribution in [0.1, 0.15) is 26.2 Å². The minimum atomic E-state index is -0.0937. The number of hydrogen-bond acceptors (Lipinski definition) is 1. The summed E-state index contributed by atoms with van der Waals surface area (Å²) in [4.78, 5) is 0. The Morgan fingerprint density at radius 2 is 1.70 bits per heavy atom. The van der Waals surface area contributed by atoms with E-state index in [1.807, 2.05) is 12.2 Å². The van der Waals surface area contributed by atoms with Gasteiger partial charge >= 0.3 is 0 Å². The van der Waals surface area contributed by atoms with Crippen LogP contribution in [-0.2, 0) is 0 Å². The molecule has 0 aliphatic carbocycles. The van der Waals surface area contributed by atoms with E-state index in [1.54, 1.807) is 0 Å². The number of hydrogen-bond donors (Lipinski definition) is 1. The quantitative estimate of drug-likeness (QED) is 0.581. The molecule has 1 nitrogen and oxygen atoms in total. The summed E-state index contributed by atoms with van der Waals surface area (Å²) in [5.41, 5.74) is 5.88.